The lowest BCUT2D eigenvalue weighted by Gasteiger charge is -2.57. The fraction of sp³-hybridized carbons (Fsp3) is 0.739. The van der Waals surface area contributed by atoms with Crippen molar-refractivity contribution < 1.29 is 19.8 Å². The number of carbonyl (C=O) groups excluding carboxylic acids is 1. The highest BCUT2D eigenvalue weighted by Crippen LogP contribution is 2.68. The van der Waals surface area contributed by atoms with Gasteiger partial charge in [0.05, 0.1) is 5.71 Å². The van der Waals surface area contributed by atoms with Gasteiger partial charge in [-0.05, 0) is 87.2 Å². The summed E-state index contributed by atoms with van der Waals surface area (Å²) in [7, 11) is 0. The first-order chi connectivity index (χ1) is 13.6. The topological polar surface area (TPSA) is 79.1 Å². The minimum absolute atomic E-state index is 0.0461. The van der Waals surface area contributed by atoms with Gasteiger partial charge in [-0.25, -0.2) is 4.79 Å². The van der Waals surface area contributed by atoms with Crippen molar-refractivity contribution >= 4 is 11.7 Å². The van der Waals surface area contributed by atoms with E-state index in [0.717, 1.165) is 57.1 Å². The molecule has 5 heteroatoms. The minimum Gasteiger partial charge on any atom is -0.451 e. The molecule has 3 unspecified atom stereocenters. The molecular weight excluding hydrogens is 354 g/mol. The van der Waals surface area contributed by atoms with E-state index in [-0.39, 0.29) is 23.9 Å². The average Bonchev–Trinajstić information content (AvgIpc) is 3.27. The number of ether oxygens (including phenoxy) is 1. The molecule has 4 aliphatic carbocycles. The van der Waals surface area contributed by atoms with Gasteiger partial charge in [-0.1, -0.05) is 17.7 Å². The summed E-state index contributed by atoms with van der Waals surface area (Å²) in [6.45, 7) is 2.43. The Hall–Kier alpha value is -1.62. The van der Waals surface area contributed by atoms with Crippen LogP contribution in [0.15, 0.2) is 29.0 Å². The molecule has 0 radical (unpaired) electrons. The molecule has 0 aromatic rings. The first-order valence-electron chi connectivity index (χ1n) is 11.0. The zero-order valence-electron chi connectivity index (χ0n) is 16.6. The van der Waals surface area contributed by atoms with E-state index < -0.39 is 5.60 Å². The van der Waals surface area contributed by atoms with E-state index in [1.165, 1.54) is 5.57 Å². The Morgan fingerprint density at radius 2 is 2.11 bits per heavy atom. The largest absolute Gasteiger partial charge is 0.451 e. The van der Waals surface area contributed by atoms with Gasteiger partial charge in [0.2, 0.25) is 0 Å². The second-order valence-electron chi connectivity index (χ2n) is 9.66. The molecule has 3 fully saturated rings. The molecule has 0 amide bonds. The van der Waals surface area contributed by atoms with Crippen LogP contribution in [-0.4, -0.2) is 34.2 Å². The van der Waals surface area contributed by atoms with Crippen LogP contribution in [0.1, 0.15) is 58.3 Å². The molecule has 2 N–H and O–H groups in total. The van der Waals surface area contributed by atoms with Crippen LogP contribution in [0.5, 0.6) is 0 Å². The van der Waals surface area contributed by atoms with Gasteiger partial charge in [0, 0.05) is 24.0 Å². The van der Waals surface area contributed by atoms with E-state index in [1.807, 2.05) is 0 Å². The summed E-state index contributed by atoms with van der Waals surface area (Å²) < 4.78 is 5.99. The number of hydrogen-bond donors (Lipinski definition) is 2. The van der Waals surface area contributed by atoms with Crippen molar-refractivity contribution in [1.29, 1.82) is 0 Å². The molecule has 0 aromatic carbocycles. The van der Waals surface area contributed by atoms with Gasteiger partial charge in [-0.3, -0.25) is 0 Å². The molecule has 152 valence electrons. The Labute approximate surface area is 166 Å². The van der Waals surface area contributed by atoms with Gasteiger partial charge in [0.25, 0.3) is 0 Å². The van der Waals surface area contributed by atoms with Crippen LogP contribution in [0, 0.1) is 35.0 Å². The number of oxime groups is 1. The lowest BCUT2D eigenvalue weighted by Crippen LogP contribution is -2.54. The van der Waals surface area contributed by atoms with Crippen molar-refractivity contribution in [2.45, 2.75) is 63.9 Å². The monoisotopic (exact) mass is 385 g/mol. The third kappa shape index (κ3) is 2.28. The molecule has 1 aliphatic heterocycles. The zero-order valence-corrected chi connectivity index (χ0v) is 16.6. The molecular formula is C23H31NO4. The van der Waals surface area contributed by atoms with E-state index in [0.29, 0.717) is 23.7 Å². The Balaban J connectivity index is 1.51. The van der Waals surface area contributed by atoms with Crippen molar-refractivity contribution in [2.75, 3.05) is 6.61 Å². The molecule has 5 aliphatic rings. The van der Waals surface area contributed by atoms with Gasteiger partial charge in [-0.15, -0.1) is 0 Å². The lowest BCUT2D eigenvalue weighted by molar-refractivity contribution is -0.165. The number of fused-ring (bicyclic) bond motifs is 6. The molecule has 1 spiro atoms. The van der Waals surface area contributed by atoms with Crippen molar-refractivity contribution in [3.63, 3.8) is 0 Å². The molecule has 5 nitrogen and oxygen atoms in total. The molecule has 5 rings (SSSR count). The van der Waals surface area contributed by atoms with E-state index in [1.54, 1.807) is 6.08 Å². The highest BCUT2D eigenvalue weighted by Gasteiger charge is 2.66. The second-order valence-corrected chi connectivity index (χ2v) is 9.66. The summed E-state index contributed by atoms with van der Waals surface area (Å²) in [5.41, 5.74) is 1.71. The Bertz CT molecular complexity index is 771. The molecule has 0 saturated heterocycles. The molecule has 0 bridgehead atoms. The van der Waals surface area contributed by atoms with E-state index in [9.17, 15) is 15.1 Å². The average molecular weight is 386 g/mol. The van der Waals surface area contributed by atoms with Crippen LogP contribution in [0.25, 0.3) is 0 Å². The highest BCUT2D eigenvalue weighted by atomic mass is 16.6. The number of esters is 1. The standard InChI is InChI=1S/C23H31NO4/c1-2-22-8-5-17-16-4-3-15(24-27)12-18(16)14(13-25)11-19(17)20(22)6-9-23(22)10-7-21(26)28-23/h7,10,12,14,16-17,19-20,25,27H,2-6,8-9,11,13H2,1H3/b24-15+/t14-,16-,17?,19?,20?,22+,23-/m1/s1. The number of carbonyl (C=O) groups is 1. The number of aliphatic hydroxyl groups excluding tert-OH is 1. The maximum Gasteiger partial charge on any atom is 0.331 e. The van der Waals surface area contributed by atoms with Crippen molar-refractivity contribution in [2.24, 2.45) is 40.2 Å². The van der Waals surface area contributed by atoms with Crippen LogP contribution in [0.3, 0.4) is 0 Å². The second kappa shape index (κ2) is 6.45. The van der Waals surface area contributed by atoms with Crippen molar-refractivity contribution in [3.05, 3.63) is 23.8 Å². The predicted octanol–water partition coefficient (Wildman–Crippen LogP) is 3.85. The van der Waals surface area contributed by atoms with Gasteiger partial charge in [-0.2, -0.15) is 0 Å². The SMILES string of the molecule is CC[C@]12CCC3C(C[C@H](CO)C4=C/C(=N/O)CC[C@@H]43)C1CC[C@@]21C=CC(=O)O1. The quantitative estimate of drug-likeness (QED) is 0.430. The predicted molar refractivity (Wildman–Crippen MR) is 105 cm³/mol. The third-order valence-electron chi connectivity index (χ3n) is 9.14. The normalized spacial score (nSPS) is 48.2. The Kier molecular flexibility index (Phi) is 4.24. The maximum absolute atomic E-state index is 12.0. The minimum atomic E-state index is -0.400. The number of rotatable bonds is 2. The van der Waals surface area contributed by atoms with Crippen LogP contribution >= 0.6 is 0 Å². The Morgan fingerprint density at radius 3 is 2.79 bits per heavy atom. The summed E-state index contributed by atoms with van der Waals surface area (Å²) in [6, 6.07) is 0. The smallest absolute Gasteiger partial charge is 0.331 e. The first-order valence-corrected chi connectivity index (χ1v) is 11.0. The molecule has 1 heterocycles. The Morgan fingerprint density at radius 1 is 1.25 bits per heavy atom. The van der Waals surface area contributed by atoms with Crippen LogP contribution < -0.4 is 0 Å². The fourth-order valence-corrected chi connectivity index (χ4v) is 8.04. The highest BCUT2D eigenvalue weighted by molar-refractivity contribution is 5.96. The summed E-state index contributed by atoms with van der Waals surface area (Å²) in [5, 5.41) is 22.8. The van der Waals surface area contributed by atoms with Gasteiger partial charge < -0.3 is 15.1 Å². The fourth-order valence-electron chi connectivity index (χ4n) is 8.04. The summed E-state index contributed by atoms with van der Waals surface area (Å²) >= 11 is 0. The molecule has 28 heavy (non-hydrogen) atoms. The third-order valence-corrected chi connectivity index (χ3v) is 9.14. The van der Waals surface area contributed by atoms with Crippen LogP contribution in [-0.2, 0) is 9.53 Å². The number of aliphatic hydroxyl groups is 1. The van der Waals surface area contributed by atoms with Crippen molar-refractivity contribution in [3.8, 4) is 0 Å². The van der Waals surface area contributed by atoms with Crippen LogP contribution in [0.2, 0.25) is 0 Å². The molecule has 3 saturated carbocycles. The zero-order chi connectivity index (χ0) is 19.5. The van der Waals surface area contributed by atoms with Gasteiger partial charge in [0.1, 0.15) is 5.60 Å². The summed E-state index contributed by atoms with van der Waals surface area (Å²) in [6.07, 6.45) is 14.0. The number of hydrogen-bond acceptors (Lipinski definition) is 5. The van der Waals surface area contributed by atoms with E-state index in [2.05, 4.69) is 24.2 Å². The van der Waals surface area contributed by atoms with Crippen LogP contribution in [0.4, 0.5) is 0 Å². The maximum atomic E-state index is 12.0. The van der Waals surface area contributed by atoms with Gasteiger partial charge in [0.15, 0.2) is 0 Å². The number of allylic oxidation sites excluding steroid dienone is 1. The lowest BCUT2D eigenvalue weighted by atomic mass is 9.48. The first kappa shape index (κ1) is 18.4. The number of nitrogens with zero attached hydrogens (tertiary/aromatic N) is 1. The molecule has 7 atom stereocenters. The summed E-state index contributed by atoms with van der Waals surface area (Å²) in [4.78, 5) is 12.0. The van der Waals surface area contributed by atoms with E-state index in [4.69, 9.17) is 4.74 Å². The van der Waals surface area contributed by atoms with Crippen molar-refractivity contribution in [1.82, 2.24) is 0 Å². The van der Waals surface area contributed by atoms with Gasteiger partial charge >= 0.3 is 5.97 Å². The molecule has 0 aromatic heterocycles. The summed E-state index contributed by atoms with van der Waals surface area (Å²) in [5.74, 6) is 2.24. The van der Waals surface area contributed by atoms with E-state index >= 15 is 0 Å².